The Labute approximate surface area is 131 Å². The quantitative estimate of drug-likeness (QED) is 0.808. The lowest BCUT2D eigenvalue weighted by Crippen LogP contribution is -2.18. The van der Waals surface area contributed by atoms with E-state index < -0.39 is 0 Å². The van der Waals surface area contributed by atoms with Gasteiger partial charge in [-0.2, -0.15) is 0 Å². The van der Waals surface area contributed by atoms with E-state index in [0.29, 0.717) is 17.2 Å². The second kappa shape index (κ2) is 5.31. The molecule has 0 atom stereocenters. The molecule has 0 saturated carbocycles. The molecule has 1 amide bonds. The van der Waals surface area contributed by atoms with Crippen LogP contribution in [-0.4, -0.2) is 17.3 Å². The lowest BCUT2D eigenvalue weighted by molar-refractivity contribution is -0.116. The van der Waals surface area contributed by atoms with Crippen molar-refractivity contribution in [3.63, 3.8) is 0 Å². The van der Waals surface area contributed by atoms with Gasteiger partial charge in [0, 0.05) is 28.9 Å². The highest BCUT2D eigenvalue weighted by Crippen LogP contribution is 2.34. The van der Waals surface area contributed by atoms with Gasteiger partial charge in [-0.3, -0.25) is 4.79 Å². The molecule has 0 aliphatic carbocycles. The molecular weight excluding hydrogens is 299 g/mol. The Hall–Kier alpha value is -3.02. The lowest BCUT2D eigenvalue weighted by Gasteiger charge is -2.08. The summed E-state index contributed by atoms with van der Waals surface area (Å²) in [6, 6.07) is 11.5. The summed E-state index contributed by atoms with van der Waals surface area (Å²) in [6.45, 7) is 0.336. The van der Waals surface area contributed by atoms with Crippen molar-refractivity contribution < 1.29 is 18.7 Å². The van der Waals surface area contributed by atoms with Gasteiger partial charge in [-0.05, 0) is 36.4 Å². The number of nitrogens with zero attached hydrogens (tertiary/aromatic N) is 1. The Bertz CT molecular complexity index is 904. The fourth-order valence-electron chi connectivity index (χ4n) is 2.64. The summed E-state index contributed by atoms with van der Waals surface area (Å²) in [5.41, 5.74) is 1.45. The number of halogens is 1. The molecule has 2 heterocycles. The SMILES string of the molecule is O=C(Cn1ccc2cc(F)ccc21)Nc1ccc2c(c1)OCO2. The third-order valence-electron chi connectivity index (χ3n) is 3.70. The molecule has 0 unspecified atom stereocenters. The maximum Gasteiger partial charge on any atom is 0.244 e. The van der Waals surface area contributed by atoms with E-state index in [9.17, 15) is 9.18 Å². The van der Waals surface area contributed by atoms with Gasteiger partial charge in [0.25, 0.3) is 0 Å². The number of ether oxygens (including phenoxy) is 2. The van der Waals surface area contributed by atoms with Crippen LogP contribution in [0, 0.1) is 5.82 Å². The highest BCUT2D eigenvalue weighted by atomic mass is 19.1. The van der Waals surface area contributed by atoms with Crippen molar-refractivity contribution in [2.45, 2.75) is 6.54 Å². The summed E-state index contributed by atoms with van der Waals surface area (Å²) in [7, 11) is 0. The van der Waals surface area contributed by atoms with Crippen molar-refractivity contribution in [2.75, 3.05) is 12.1 Å². The molecule has 3 aromatic rings. The second-order valence-electron chi connectivity index (χ2n) is 5.26. The average molecular weight is 312 g/mol. The first-order valence-corrected chi connectivity index (χ1v) is 7.13. The van der Waals surface area contributed by atoms with Gasteiger partial charge in [0.1, 0.15) is 12.4 Å². The van der Waals surface area contributed by atoms with Crippen LogP contribution in [0.25, 0.3) is 10.9 Å². The normalized spacial score (nSPS) is 12.6. The van der Waals surface area contributed by atoms with Crippen LogP contribution < -0.4 is 14.8 Å². The zero-order valence-corrected chi connectivity index (χ0v) is 12.1. The van der Waals surface area contributed by atoms with Crippen molar-refractivity contribution in [2.24, 2.45) is 0 Å². The number of hydrogen-bond donors (Lipinski definition) is 1. The molecule has 1 N–H and O–H groups in total. The molecule has 5 nitrogen and oxygen atoms in total. The zero-order chi connectivity index (χ0) is 15.8. The van der Waals surface area contributed by atoms with Gasteiger partial charge in [-0.15, -0.1) is 0 Å². The number of rotatable bonds is 3. The summed E-state index contributed by atoms with van der Waals surface area (Å²) in [5.74, 6) is 0.817. The largest absolute Gasteiger partial charge is 0.454 e. The Kier molecular flexibility index (Phi) is 3.15. The number of benzene rings is 2. The van der Waals surface area contributed by atoms with Crippen molar-refractivity contribution in [3.8, 4) is 11.5 Å². The van der Waals surface area contributed by atoms with Crippen LogP contribution in [-0.2, 0) is 11.3 Å². The summed E-state index contributed by atoms with van der Waals surface area (Å²) in [5, 5.41) is 3.58. The monoisotopic (exact) mass is 312 g/mol. The molecule has 0 fully saturated rings. The van der Waals surface area contributed by atoms with Gasteiger partial charge in [-0.1, -0.05) is 0 Å². The van der Waals surface area contributed by atoms with E-state index in [0.717, 1.165) is 10.9 Å². The minimum Gasteiger partial charge on any atom is -0.454 e. The van der Waals surface area contributed by atoms with E-state index in [-0.39, 0.29) is 25.1 Å². The fraction of sp³-hybridized carbons (Fsp3) is 0.118. The fourth-order valence-corrected chi connectivity index (χ4v) is 2.64. The highest BCUT2D eigenvalue weighted by Gasteiger charge is 2.14. The Morgan fingerprint density at radius 2 is 2.00 bits per heavy atom. The minimum absolute atomic E-state index is 0.142. The molecule has 1 aliphatic rings. The van der Waals surface area contributed by atoms with Gasteiger partial charge in [0.05, 0.1) is 0 Å². The van der Waals surface area contributed by atoms with Crippen LogP contribution >= 0.6 is 0 Å². The highest BCUT2D eigenvalue weighted by molar-refractivity contribution is 5.92. The molecule has 4 rings (SSSR count). The number of carbonyl (C=O) groups is 1. The van der Waals surface area contributed by atoms with E-state index in [1.54, 1.807) is 41.1 Å². The molecule has 0 spiro atoms. The molecule has 116 valence electrons. The first kappa shape index (κ1) is 13.6. The standard InChI is InChI=1S/C17H13FN2O3/c18-12-1-3-14-11(7-12)5-6-20(14)9-17(21)19-13-2-4-15-16(8-13)23-10-22-15/h1-8H,9-10H2,(H,19,21). The predicted octanol–water partition coefficient (Wildman–Crippen LogP) is 3.15. The predicted molar refractivity (Wildman–Crippen MR) is 83.1 cm³/mol. The zero-order valence-electron chi connectivity index (χ0n) is 12.1. The topological polar surface area (TPSA) is 52.5 Å². The van der Waals surface area contributed by atoms with Crippen molar-refractivity contribution in [1.82, 2.24) is 4.57 Å². The Morgan fingerprint density at radius 1 is 1.13 bits per heavy atom. The third-order valence-corrected chi connectivity index (χ3v) is 3.70. The Morgan fingerprint density at radius 3 is 2.91 bits per heavy atom. The van der Waals surface area contributed by atoms with Crippen LogP contribution in [0.3, 0.4) is 0 Å². The molecular formula is C17H13FN2O3. The molecule has 1 aliphatic heterocycles. The van der Waals surface area contributed by atoms with E-state index in [4.69, 9.17) is 9.47 Å². The van der Waals surface area contributed by atoms with Crippen LogP contribution in [0.15, 0.2) is 48.7 Å². The maximum absolute atomic E-state index is 13.2. The second-order valence-corrected chi connectivity index (χ2v) is 5.26. The molecule has 0 bridgehead atoms. The van der Waals surface area contributed by atoms with Gasteiger partial charge in [0.2, 0.25) is 12.7 Å². The van der Waals surface area contributed by atoms with Gasteiger partial charge in [-0.25, -0.2) is 4.39 Å². The first-order chi connectivity index (χ1) is 11.2. The van der Waals surface area contributed by atoms with E-state index in [2.05, 4.69) is 5.32 Å². The van der Waals surface area contributed by atoms with Crippen LogP contribution in [0.1, 0.15) is 0 Å². The van der Waals surface area contributed by atoms with E-state index >= 15 is 0 Å². The first-order valence-electron chi connectivity index (χ1n) is 7.13. The summed E-state index contributed by atoms with van der Waals surface area (Å²) < 4.78 is 25.5. The van der Waals surface area contributed by atoms with Gasteiger partial charge in [0.15, 0.2) is 11.5 Å². The molecule has 2 aromatic carbocycles. The van der Waals surface area contributed by atoms with E-state index in [1.165, 1.54) is 12.1 Å². The molecule has 23 heavy (non-hydrogen) atoms. The summed E-state index contributed by atoms with van der Waals surface area (Å²) >= 11 is 0. The van der Waals surface area contributed by atoms with Crippen molar-refractivity contribution in [3.05, 3.63) is 54.5 Å². The summed E-state index contributed by atoms with van der Waals surface area (Å²) in [4.78, 5) is 12.2. The van der Waals surface area contributed by atoms with Gasteiger partial charge >= 0.3 is 0 Å². The maximum atomic E-state index is 13.2. The molecule has 0 saturated heterocycles. The van der Waals surface area contributed by atoms with Crippen LogP contribution in [0.5, 0.6) is 11.5 Å². The number of amides is 1. The number of anilines is 1. The number of nitrogens with one attached hydrogen (secondary N) is 1. The molecule has 6 heteroatoms. The minimum atomic E-state index is -0.292. The summed E-state index contributed by atoms with van der Waals surface area (Å²) in [6.07, 6.45) is 1.77. The molecule has 0 radical (unpaired) electrons. The van der Waals surface area contributed by atoms with Crippen molar-refractivity contribution >= 4 is 22.5 Å². The van der Waals surface area contributed by atoms with Crippen molar-refractivity contribution in [1.29, 1.82) is 0 Å². The van der Waals surface area contributed by atoms with Gasteiger partial charge < -0.3 is 19.4 Å². The van der Waals surface area contributed by atoms with E-state index in [1.807, 2.05) is 0 Å². The lowest BCUT2D eigenvalue weighted by atomic mass is 10.2. The number of hydrogen-bond acceptors (Lipinski definition) is 3. The van der Waals surface area contributed by atoms with Crippen LogP contribution in [0.2, 0.25) is 0 Å². The number of carbonyl (C=O) groups excluding carboxylic acids is 1. The third kappa shape index (κ3) is 2.59. The number of aromatic nitrogens is 1. The van der Waals surface area contributed by atoms with Crippen LogP contribution in [0.4, 0.5) is 10.1 Å². The number of fused-ring (bicyclic) bond motifs is 2. The Balaban J connectivity index is 1.51. The smallest absolute Gasteiger partial charge is 0.244 e. The molecule has 1 aromatic heterocycles. The average Bonchev–Trinajstić information content (AvgIpc) is 3.13.